The molecular weight excluding hydrogens is 282 g/mol. The Kier molecular flexibility index (Phi) is 3.52. The Morgan fingerprint density at radius 1 is 1.09 bits per heavy atom. The molecule has 9 nitrogen and oxygen atoms in total. The van der Waals surface area contributed by atoms with Crippen LogP contribution < -0.4 is 5.73 Å². The first kappa shape index (κ1) is 13.7. The summed E-state index contributed by atoms with van der Waals surface area (Å²) >= 11 is 0. The molecule has 0 bridgehead atoms. The quantitative estimate of drug-likeness (QED) is 0.551. The Hall–Kier alpha value is -3.23. The summed E-state index contributed by atoms with van der Waals surface area (Å²) in [4.78, 5) is 8.00. The van der Waals surface area contributed by atoms with E-state index in [1.165, 1.54) is 0 Å². The van der Waals surface area contributed by atoms with E-state index in [9.17, 15) is 0 Å². The van der Waals surface area contributed by atoms with E-state index in [1.807, 2.05) is 19.9 Å². The van der Waals surface area contributed by atoms with Crippen LogP contribution in [0, 0.1) is 13.8 Å². The monoisotopic (exact) mass is 295 g/mol. The zero-order valence-electron chi connectivity index (χ0n) is 12.0. The highest BCUT2D eigenvalue weighted by Gasteiger charge is 2.08. The zero-order valence-corrected chi connectivity index (χ0v) is 12.0. The molecule has 3 aromatic rings. The smallest absolute Gasteiger partial charge is 0.289 e. The van der Waals surface area contributed by atoms with Gasteiger partial charge >= 0.3 is 0 Å². The van der Waals surface area contributed by atoms with Crippen molar-refractivity contribution in [3.05, 3.63) is 47.5 Å². The summed E-state index contributed by atoms with van der Waals surface area (Å²) in [6.45, 7) is 3.79. The first-order chi connectivity index (χ1) is 10.6. The SMILES string of the molecule is Cc1cc(C)n(-c2nnc(/N=C(\N)c3ccncc3)nn2)n1. The number of amidine groups is 1. The molecule has 0 aliphatic carbocycles. The van der Waals surface area contributed by atoms with Crippen molar-refractivity contribution in [2.75, 3.05) is 0 Å². The van der Waals surface area contributed by atoms with Crippen molar-refractivity contribution < 1.29 is 0 Å². The van der Waals surface area contributed by atoms with Crippen molar-refractivity contribution in [3.63, 3.8) is 0 Å². The van der Waals surface area contributed by atoms with E-state index in [4.69, 9.17) is 5.73 Å². The second-order valence-corrected chi connectivity index (χ2v) is 4.57. The van der Waals surface area contributed by atoms with Gasteiger partial charge in [0.05, 0.1) is 5.69 Å². The molecule has 0 amide bonds. The van der Waals surface area contributed by atoms with Gasteiger partial charge in [-0.3, -0.25) is 4.98 Å². The summed E-state index contributed by atoms with van der Waals surface area (Å²) < 4.78 is 1.56. The van der Waals surface area contributed by atoms with Gasteiger partial charge in [0, 0.05) is 23.7 Å². The number of hydrogen-bond acceptors (Lipinski definition) is 7. The molecule has 9 heteroatoms. The fourth-order valence-corrected chi connectivity index (χ4v) is 1.87. The van der Waals surface area contributed by atoms with Crippen molar-refractivity contribution in [2.24, 2.45) is 10.7 Å². The van der Waals surface area contributed by atoms with E-state index >= 15 is 0 Å². The molecule has 0 fully saturated rings. The molecule has 0 radical (unpaired) electrons. The van der Waals surface area contributed by atoms with Crippen molar-refractivity contribution in [2.45, 2.75) is 13.8 Å². The van der Waals surface area contributed by atoms with Gasteiger partial charge in [-0.25, -0.2) is 4.68 Å². The van der Waals surface area contributed by atoms with E-state index in [0.717, 1.165) is 17.0 Å². The van der Waals surface area contributed by atoms with Gasteiger partial charge in [-0.1, -0.05) is 0 Å². The Morgan fingerprint density at radius 3 is 2.36 bits per heavy atom. The summed E-state index contributed by atoms with van der Waals surface area (Å²) in [7, 11) is 0. The van der Waals surface area contributed by atoms with E-state index in [2.05, 4.69) is 35.5 Å². The second kappa shape index (κ2) is 5.64. The molecule has 0 aliphatic rings. The molecule has 0 saturated heterocycles. The molecule has 3 heterocycles. The first-order valence-corrected chi connectivity index (χ1v) is 6.49. The van der Waals surface area contributed by atoms with Crippen molar-refractivity contribution in [3.8, 4) is 5.95 Å². The number of nitrogens with two attached hydrogens (primary N) is 1. The molecule has 0 spiro atoms. The maximum absolute atomic E-state index is 5.87. The fourth-order valence-electron chi connectivity index (χ4n) is 1.87. The number of aryl methyl sites for hydroxylation is 2. The second-order valence-electron chi connectivity index (χ2n) is 4.57. The van der Waals surface area contributed by atoms with Gasteiger partial charge in [-0.15, -0.1) is 20.4 Å². The highest BCUT2D eigenvalue weighted by molar-refractivity contribution is 5.98. The molecular formula is C13H13N9. The normalized spacial score (nSPS) is 11.6. The molecule has 3 aromatic heterocycles. The highest BCUT2D eigenvalue weighted by Crippen LogP contribution is 2.08. The number of nitrogens with zero attached hydrogens (tertiary/aromatic N) is 8. The van der Waals surface area contributed by atoms with Crippen LogP contribution in [0.4, 0.5) is 5.95 Å². The molecule has 3 rings (SSSR count). The summed E-state index contributed by atoms with van der Waals surface area (Å²) in [5.74, 6) is 0.636. The number of rotatable bonds is 3. The average Bonchev–Trinajstić information content (AvgIpc) is 2.87. The van der Waals surface area contributed by atoms with Crippen LogP contribution in [0.25, 0.3) is 5.95 Å². The zero-order chi connectivity index (χ0) is 15.5. The van der Waals surface area contributed by atoms with Crippen LogP contribution in [0.2, 0.25) is 0 Å². The molecule has 0 aromatic carbocycles. The predicted octanol–water partition coefficient (Wildman–Crippen LogP) is 0.501. The molecule has 110 valence electrons. The van der Waals surface area contributed by atoms with E-state index < -0.39 is 0 Å². The molecule has 0 saturated carbocycles. The number of aliphatic imine (C=N–C) groups is 1. The van der Waals surface area contributed by atoms with Crippen molar-refractivity contribution in [1.82, 2.24) is 35.2 Å². The Labute approximate surface area is 126 Å². The lowest BCUT2D eigenvalue weighted by molar-refractivity contribution is 0.710. The summed E-state index contributed by atoms with van der Waals surface area (Å²) in [6, 6.07) is 5.39. The predicted molar refractivity (Wildman–Crippen MR) is 78.8 cm³/mol. The lowest BCUT2D eigenvalue weighted by Gasteiger charge is -2.01. The van der Waals surface area contributed by atoms with Gasteiger partial charge in [-0.2, -0.15) is 10.1 Å². The Balaban J connectivity index is 1.87. The number of pyridine rings is 1. The third-order valence-electron chi connectivity index (χ3n) is 2.85. The number of aromatic nitrogens is 7. The third-order valence-corrected chi connectivity index (χ3v) is 2.85. The lowest BCUT2D eigenvalue weighted by atomic mass is 10.2. The minimum absolute atomic E-state index is 0.0830. The third kappa shape index (κ3) is 2.77. The molecule has 0 unspecified atom stereocenters. The van der Waals surface area contributed by atoms with Crippen LogP contribution in [0.1, 0.15) is 17.0 Å². The minimum atomic E-state index is 0.0830. The van der Waals surface area contributed by atoms with Crippen LogP contribution in [0.5, 0.6) is 0 Å². The Morgan fingerprint density at radius 2 is 1.77 bits per heavy atom. The van der Waals surface area contributed by atoms with Gasteiger partial charge in [0.15, 0.2) is 0 Å². The first-order valence-electron chi connectivity index (χ1n) is 6.49. The average molecular weight is 295 g/mol. The van der Waals surface area contributed by atoms with Gasteiger partial charge in [0.25, 0.3) is 11.9 Å². The van der Waals surface area contributed by atoms with Crippen LogP contribution in [0.15, 0.2) is 35.6 Å². The van der Waals surface area contributed by atoms with E-state index in [1.54, 1.807) is 29.2 Å². The highest BCUT2D eigenvalue weighted by atomic mass is 15.5. The standard InChI is InChI=1S/C13H13N9/c1-8-7-9(2)22(21-8)13-19-17-12(18-20-13)16-11(14)10-3-5-15-6-4-10/h3-7H,1-2H3,(H2,14,16,17,18). The van der Waals surface area contributed by atoms with Gasteiger partial charge in [0.2, 0.25) is 0 Å². The molecule has 0 aliphatic heterocycles. The molecule has 2 N–H and O–H groups in total. The Bertz CT molecular complexity index is 805. The van der Waals surface area contributed by atoms with Gasteiger partial charge in [-0.05, 0) is 32.0 Å². The van der Waals surface area contributed by atoms with E-state index in [0.29, 0.717) is 0 Å². The summed E-state index contributed by atoms with van der Waals surface area (Å²) in [6.07, 6.45) is 3.25. The summed E-state index contributed by atoms with van der Waals surface area (Å²) in [5, 5.41) is 20.0. The maximum atomic E-state index is 5.87. The van der Waals surface area contributed by atoms with E-state index in [-0.39, 0.29) is 17.7 Å². The van der Waals surface area contributed by atoms with Crippen LogP contribution in [-0.2, 0) is 0 Å². The topological polar surface area (TPSA) is 121 Å². The molecule has 0 atom stereocenters. The van der Waals surface area contributed by atoms with Crippen molar-refractivity contribution in [1.29, 1.82) is 0 Å². The van der Waals surface area contributed by atoms with Gasteiger partial charge in [0.1, 0.15) is 5.84 Å². The fraction of sp³-hybridized carbons (Fsp3) is 0.154. The van der Waals surface area contributed by atoms with Crippen LogP contribution >= 0.6 is 0 Å². The number of hydrogen-bond donors (Lipinski definition) is 1. The lowest BCUT2D eigenvalue weighted by Crippen LogP contribution is -2.14. The van der Waals surface area contributed by atoms with Crippen LogP contribution in [-0.4, -0.2) is 41.0 Å². The minimum Gasteiger partial charge on any atom is -0.383 e. The van der Waals surface area contributed by atoms with Crippen molar-refractivity contribution >= 4 is 11.8 Å². The maximum Gasteiger partial charge on any atom is 0.289 e. The molecule has 22 heavy (non-hydrogen) atoms. The summed E-state index contributed by atoms with van der Waals surface area (Å²) in [5.41, 5.74) is 8.36. The van der Waals surface area contributed by atoms with Crippen LogP contribution in [0.3, 0.4) is 0 Å². The van der Waals surface area contributed by atoms with Gasteiger partial charge < -0.3 is 5.73 Å². The largest absolute Gasteiger partial charge is 0.383 e.